The molecule has 1 N–H and O–H groups in total. The maximum Gasteiger partial charge on any atom is 0.264 e. The molecule has 0 fully saturated rings. The molecule has 0 radical (unpaired) electrons. The number of benzene rings is 5. The summed E-state index contributed by atoms with van der Waals surface area (Å²) in [5.41, 5.74) is 5.56. The average molecular weight is 578 g/mol. The molecular formula is C34H31N3O4S. The van der Waals surface area contributed by atoms with Gasteiger partial charge in [-0.2, -0.15) is 5.10 Å². The van der Waals surface area contributed by atoms with Crippen molar-refractivity contribution in [1.29, 1.82) is 0 Å². The Morgan fingerprint density at radius 1 is 0.833 bits per heavy atom. The van der Waals surface area contributed by atoms with Crippen LogP contribution in [0.2, 0.25) is 0 Å². The second-order valence-corrected chi connectivity index (χ2v) is 11.5. The van der Waals surface area contributed by atoms with Crippen molar-refractivity contribution in [2.75, 3.05) is 10.8 Å². The Bertz CT molecular complexity index is 1800. The van der Waals surface area contributed by atoms with E-state index in [4.69, 9.17) is 4.74 Å². The lowest BCUT2D eigenvalue weighted by Gasteiger charge is -2.25. The van der Waals surface area contributed by atoms with E-state index in [1.807, 2.05) is 55.5 Å². The van der Waals surface area contributed by atoms with E-state index in [2.05, 4.69) is 40.9 Å². The first kappa shape index (κ1) is 28.6. The minimum atomic E-state index is -3.99. The number of nitrogens with one attached hydrogen (secondary N) is 1. The van der Waals surface area contributed by atoms with Gasteiger partial charge < -0.3 is 4.74 Å². The third-order valence-electron chi connectivity index (χ3n) is 6.76. The van der Waals surface area contributed by atoms with Gasteiger partial charge in [0, 0.05) is 0 Å². The maximum absolute atomic E-state index is 13.6. The van der Waals surface area contributed by atoms with Crippen LogP contribution in [-0.4, -0.2) is 27.1 Å². The van der Waals surface area contributed by atoms with Gasteiger partial charge in [0.2, 0.25) is 0 Å². The number of ether oxygens (including phenoxy) is 1. The van der Waals surface area contributed by atoms with Crippen LogP contribution in [0.5, 0.6) is 5.75 Å². The van der Waals surface area contributed by atoms with Gasteiger partial charge in [-0.15, -0.1) is 0 Å². The predicted molar refractivity (Wildman–Crippen MR) is 167 cm³/mol. The molecule has 0 unspecified atom stereocenters. The summed E-state index contributed by atoms with van der Waals surface area (Å²) in [7, 11) is -3.99. The molecule has 0 aromatic heterocycles. The largest absolute Gasteiger partial charge is 0.489 e. The van der Waals surface area contributed by atoms with Gasteiger partial charge in [-0.25, -0.2) is 13.8 Å². The van der Waals surface area contributed by atoms with E-state index in [1.54, 1.807) is 30.3 Å². The van der Waals surface area contributed by atoms with Crippen LogP contribution in [0.25, 0.3) is 10.8 Å². The molecule has 0 aliphatic carbocycles. The van der Waals surface area contributed by atoms with Gasteiger partial charge in [-0.05, 0) is 82.4 Å². The number of aryl methyl sites for hydroxylation is 1. The molecule has 8 heteroatoms. The lowest BCUT2D eigenvalue weighted by atomic mass is 10.1. The lowest BCUT2D eigenvalue weighted by molar-refractivity contribution is -0.119. The molecule has 0 aliphatic heterocycles. The van der Waals surface area contributed by atoms with Gasteiger partial charge in [0.05, 0.1) is 16.8 Å². The van der Waals surface area contributed by atoms with Crippen LogP contribution in [-0.2, 0) is 27.8 Å². The van der Waals surface area contributed by atoms with E-state index in [9.17, 15) is 13.2 Å². The van der Waals surface area contributed by atoms with E-state index in [0.717, 1.165) is 21.0 Å². The van der Waals surface area contributed by atoms with E-state index in [-0.39, 0.29) is 4.90 Å². The van der Waals surface area contributed by atoms with Gasteiger partial charge >= 0.3 is 0 Å². The summed E-state index contributed by atoms with van der Waals surface area (Å²) in [6.45, 7) is 1.96. The minimum Gasteiger partial charge on any atom is -0.489 e. The van der Waals surface area contributed by atoms with E-state index in [0.29, 0.717) is 24.5 Å². The van der Waals surface area contributed by atoms with Crippen LogP contribution in [0, 0.1) is 0 Å². The molecule has 0 heterocycles. The van der Waals surface area contributed by atoms with Gasteiger partial charge in [0.1, 0.15) is 18.9 Å². The first-order valence-corrected chi connectivity index (χ1v) is 15.1. The second kappa shape index (κ2) is 13.1. The second-order valence-electron chi connectivity index (χ2n) is 9.64. The number of nitrogens with zero attached hydrogens (tertiary/aromatic N) is 2. The van der Waals surface area contributed by atoms with Gasteiger partial charge in [0.15, 0.2) is 0 Å². The Kier molecular flexibility index (Phi) is 8.94. The van der Waals surface area contributed by atoms with Crippen LogP contribution >= 0.6 is 0 Å². The van der Waals surface area contributed by atoms with Crippen LogP contribution < -0.4 is 14.5 Å². The zero-order valence-corrected chi connectivity index (χ0v) is 24.0. The molecule has 1 amide bonds. The molecule has 0 saturated heterocycles. The average Bonchev–Trinajstić information content (AvgIpc) is 3.03. The summed E-state index contributed by atoms with van der Waals surface area (Å²) in [6, 6.07) is 37.0. The summed E-state index contributed by atoms with van der Waals surface area (Å²) in [4.78, 5) is 13.0. The van der Waals surface area contributed by atoms with Crippen molar-refractivity contribution in [1.82, 2.24) is 5.43 Å². The number of carbonyl (C=O) groups is 1. The third-order valence-corrected chi connectivity index (χ3v) is 8.54. The minimum absolute atomic E-state index is 0.107. The fraction of sp³-hybridized carbons (Fsp3) is 0.118. The number of hydrogen-bond acceptors (Lipinski definition) is 5. The first-order valence-electron chi connectivity index (χ1n) is 13.6. The highest BCUT2D eigenvalue weighted by Gasteiger charge is 2.28. The molecule has 5 aromatic carbocycles. The number of amides is 1. The van der Waals surface area contributed by atoms with Crippen molar-refractivity contribution < 1.29 is 17.9 Å². The van der Waals surface area contributed by atoms with Crippen molar-refractivity contribution in [2.45, 2.75) is 24.8 Å². The fourth-order valence-electron chi connectivity index (χ4n) is 4.56. The number of hydrogen-bond donors (Lipinski definition) is 1. The third kappa shape index (κ3) is 6.85. The highest BCUT2D eigenvalue weighted by molar-refractivity contribution is 7.92. The molecule has 5 aromatic rings. The summed E-state index contributed by atoms with van der Waals surface area (Å²) in [5.74, 6) is 0.146. The Morgan fingerprint density at radius 2 is 1.52 bits per heavy atom. The van der Waals surface area contributed by atoms with Crippen LogP contribution in [0.15, 0.2) is 131 Å². The molecule has 7 nitrogen and oxygen atoms in total. The normalized spacial score (nSPS) is 11.5. The van der Waals surface area contributed by atoms with Crippen LogP contribution in [0.3, 0.4) is 0 Å². The quantitative estimate of drug-likeness (QED) is 0.147. The first-order chi connectivity index (χ1) is 20.4. The number of sulfonamides is 1. The number of fused-ring (bicyclic) bond motifs is 1. The molecule has 0 atom stereocenters. The number of anilines is 1. The van der Waals surface area contributed by atoms with Crippen LogP contribution in [0.4, 0.5) is 5.69 Å². The highest BCUT2D eigenvalue weighted by atomic mass is 32.2. The molecular weight excluding hydrogens is 546 g/mol. The summed E-state index contributed by atoms with van der Waals surface area (Å²) < 4.78 is 34.2. The molecule has 0 saturated carbocycles. The zero-order valence-electron chi connectivity index (χ0n) is 23.2. The predicted octanol–water partition coefficient (Wildman–Crippen LogP) is 6.33. The molecule has 0 aliphatic rings. The number of carbonyl (C=O) groups excluding carboxylic acids is 1. The number of hydrazone groups is 1. The summed E-state index contributed by atoms with van der Waals surface area (Å²) >= 11 is 0. The number of para-hydroxylation sites is 1. The topological polar surface area (TPSA) is 88.1 Å². The van der Waals surface area contributed by atoms with Gasteiger partial charge in [-0.3, -0.25) is 9.10 Å². The van der Waals surface area contributed by atoms with Crippen molar-refractivity contribution in [3.05, 3.63) is 138 Å². The van der Waals surface area contributed by atoms with E-state index >= 15 is 0 Å². The molecule has 42 heavy (non-hydrogen) atoms. The summed E-state index contributed by atoms with van der Waals surface area (Å²) in [6.07, 6.45) is 2.11. The molecule has 5 rings (SSSR count). The fourth-order valence-corrected chi connectivity index (χ4v) is 6.04. The van der Waals surface area contributed by atoms with Crippen molar-refractivity contribution in [3.63, 3.8) is 0 Å². The Hall–Kier alpha value is -4.95. The Morgan fingerprint density at radius 3 is 2.29 bits per heavy atom. The van der Waals surface area contributed by atoms with Crippen molar-refractivity contribution in [3.8, 4) is 5.75 Å². The standard InChI is InChI=1S/C34H31N3O4S/c1-2-28-10-8-9-15-33(28)37(42(39,40)32-13-4-3-5-14-32)24-34(38)36-35-23-26-17-20-31(21-18-26)41-25-27-16-19-29-11-6-7-12-30(29)22-27/h3-23H,2,24-25H2,1H3,(H,36,38)/b35-23-. The monoisotopic (exact) mass is 577 g/mol. The highest BCUT2D eigenvalue weighted by Crippen LogP contribution is 2.27. The zero-order chi connectivity index (χ0) is 29.4. The Labute approximate surface area is 246 Å². The van der Waals surface area contributed by atoms with Gasteiger partial charge in [-0.1, -0.05) is 79.7 Å². The van der Waals surface area contributed by atoms with Crippen LogP contribution in [0.1, 0.15) is 23.6 Å². The molecule has 0 bridgehead atoms. The Balaban J connectivity index is 1.22. The smallest absolute Gasteiger partial charge is 0.264 e. The van der Waals surface area contributed by atoms with Gasteiger partial charge in [0.25, 0.3) is 15.9 Å². The van der Waals surface area contributed by atoms with Crippen molar-refractivity contribution in [2.24, 2.45) is 5.10 Å². The number of rotatable bonds is 11. The SMILES string of the molecule is CCc1ccccc1N(CC(=O)N/N=C\c1ccc(OCc2ccc3ccccc3c2)cc1)S(=O)(=O)c1ccccc1. The van der Waals surface area contributed by atoms with E-state index in [1.165, 1.54) is 29.1 Å². The van der Waals surface area contributed by atoms with Crippen molar-refractivity contribution >= 4 is 38.6 Å². The maximum atomic E-state index is 13.6. The summed E-state index contributed by atoms with van der Waals surface area (Å²) in [5, 5.41) is 6.41. The molecule has 0 spiro atoms. The lowest BCUT2D eigenvalue weighted by Crippen LogP contribution is -2.40. The molecule has 212 valence electrons. The van der Waals surface area contributed by atoms with E-state index < -0.39 is 22.5 Å².